The number of allylic oxidation sites excluding steroid dienone is 11. The maximum Gasteiger partial charge on any atom is 0.220 e. The van der Waals surface area contributed by atoms with E-state index in [4.69, 9.17) is 18.9 Å². The van der Waals surface area contributed by atoms with Crippen LogP contribution >= 0.6 is 0 Å². The molecule has 99 heavy (non-hydrogen) atoms. The summed E-state index contributed by atoms with van der Waals surface area (Å²) in [6.07, 6.45) is 78.6. The fraction of sp³-hybridized carbons (Fsp3) is 0.847. The molecule has 2 aliphatic rings. The molecule has 2 fully saturated rings. The highest BCUT2D eigenvalue weighted by molar-refractivity contribution is 5.76. The molecule has 0 aromatic heterocycles. The van der Waals surface area contributed by atoms with Crippen LogP contribution in [0.25, 0.3) is 0 Å². The summed E-state index contributed by atoms with van der Waals surface area (Å²) in [5.74, 6) is -0.243. The molecule has 0 aromatic rings. The quantitative estimate of drug-likeness (QED) is 0.0204. The topological polar surface area (TPSA) is 228 Å². The fourth-order valence-electron chi connectivity index (χ4n) is 13.6. The minimum Gasteiger partial charge on any atom is -0.394 e. The van der Waals surface area contributed by atoms with Crippen molar-refractivity contribution in [2.24, 2.45) is 0 Å². The van der Waals surface area contributed by atoms with Crippen molar-refractivity contribution in [1.82, 2.24) is 5.32 Å². The predicted octanol–water partition coefficient (Wildman–Crippen LogP) is 19.3. The maximum atomic E-state index is 13.4. The Morgan fingerprint density at radius 3 is 1.11 bits per heavy atom. The lowest BCUT2D eigenvalue weighted by Gasteiger charge is -2.46. The summed E-state index contributed by atoms with van der Waals surface area (Å²) in [6, 6.07) is -0.935. The van der Waals surface area contributed by atoms with Crippen molar-refractivity contribution in [2.45, 2.75) is 441 Å². The number of carbonyl (C=O) groups is 1. The molecule has 0 saturated carbocycles. The van der Waals surface area contributed by atoms with Crippen LogP contribution in [0.2, 0.25) is 0 Å². The van der Waals surface area contributed by atoms with Gasteiger partial charge in [0.2, 0.25) is 5.91 Å². The van der Waals surface area contributed by atoms with E-state index in [1.165, 1.54) is 276 Å². The molecule has 2 heterocycles. The van der Waals surface area contributed by atoms with E-state index in [0.717, 1.165) is 57.8 Å². The Balaban J connectivity index is 1.61. The number of ether oxygens (including phenoxy) is 4. The van der Waals surface area contributed by atoms with Gasteiger partial charge in [0.1, 0.15) is 48.8 Å². The van der Waals surface area contributed by atoms with Gasteiger partial charge in [0.05, 0.1) is 32.0 Å². The second-order valence-electron chi connectivity index (χ2n) is 29.2. The largest absolute Gasteiger partial charge is 0.394 e. The zero-order chi connectivity index (χ0) is 71.5. The first kappa shape index (κ1) is 92.5. The molecule has 2 saturated heterocycles. The first-order valence-electron chi connectivity index (χ1n) is 41.7. The Labute approximate surface area is 606 Å². The van der Waals surface area contributed by atoms with Crippen LogP contribution in [0, 0.1) is 0 Å². The standard InChI is InChI=1S/C85H155NO13/c1-3-5-7-9-11-13-15-17-19-21-23-25-27-29-31-33-35-36-37-38-39-41-43-45-47-49-51-53-55-57-59-61-63-65-67-69-77(90)86-73(72-96-84-82(95)80(93)83(76(71-88)98-84)99-85-81(94)79(92)78(91)75(70-87)97-85)74(89)68-66-64-62-60-58-56-54-52-50-48-46-44-42-40-34-32-30-28-26-24-22-20-18-16-14-12-10-8-6-4-2/h5,7,11,13,17,19,23,25,58,60,66,68,73-76,78-85,87-89,91-95H,3-4,6,8-10,12,14-16,18,20-22,24,26-57,59,61-65,67,69-72H2,1-2H3,(H,86,90)/b7-5-,13-11-,19-17-,25-23-,60-58+,68-66+. The number of carbonyl (C=O) groups excluding carboxylic acids is 1. The highest BCUT2D eigenvalue weighted by Crippen LogP contribution is 2.30. The van der Waals surface area contributed by atoms with E-state index in [9.17, 15) is 45.6 Å². The first-order valence-corrected chi connectivity index (χ1v) is 41.7. The van der Waals surface area contributed by atoms with E-state index in [1.54, 1.807) is 6.08 Å². The molecule has 0 aromatic carbocycles. The van der Waals surface area contributed by atoms with Gasteiger partial charge in [-0.15, -0.1) is 0 Å². The number of hydrogen-bond acceptors (Lipinski definition) is 13. The number of nitrogens with one attached hydrogen (secondary N) is 1. The number of unbranched alkanes of at least 4 members (excludes halogenated alkanes) is 47. The lowest BCUT2D eigenvalue weighted by molar-refractivity contribution is -0.359. The summed E-state index contributed by atoms with van der Waals surface area (Å²) in [6.45, 7) is 2.73. The Hall–Kier alpha value is -2.57. The minimum absolute atomic E-state index is 0.243. The van der Waals surface area contributed by atoms with Gasteiger partial charge in [-0.3, -0.25) is 4.79 Å². The third kappa shape index (κ3) is 51.3. The zero-order valence-corrected chi connectivity index (χ0v) is 63.5. The lowest BCUT2D eigenvalue weighted by Crippen LogP contribution is -2.65. The van der Waals surface area contributed by atoms with Crippen LogP contribution in [0.1, 0.15) is 367 Å². The van der Waals surface area contributed by atoms with Gasteiger partial charge in [-0.1, -0.05) is 363 Å². The normalized spacial score (nSPS) is 22.3. The van der Waals surface area contributed by atoms with Gasteiger partial charge < -0.3 is 65.1 Å². The van der Waals surface area contributed by atoms with Crippen molar-refractivity contribution in [3.8, 4) is 0 Å². The first-order chi connectivity index (χ1) is 48.6. The Bertz CT molecular complexity index is 1940. The van der Waals surface area contributed by atoms with Crippen molar-refractivity contribution in [2.75, 3.05) is 19.8 Å². The van der Waals surface area contributed by atoms with Crippen LogP contribution in [-0.2, 0) is 23.7 Å². The van der Waals surface area contributed by atoms with Crippen LogP contribution in [0.5, 0.6) is 0 Å². The molecule has 1 amide bonds. The third-order valence-electron chi connectivity index (χ3n) is 20.1. The number of amides is 1. The van der Waals surface area contributed by atoms with Gasteiger partial charge in [-0.25, -0.2) is 0 Å². The Morgan fingerprint density at radius 2 is 0.707 bits per heavy atom. The van der Waals surface area contributed by atoms with Gasteiger partial charge in [0, 0.05) is 6.42 Å². The fourth-order valence-corrected chi connectivity index (χ4v) is 13.6. The van der Waals surface area contributed by atoms with E-state index >= 15 is 0 Å². The Kier molecular flexibility index (Phi) is 64.0. The van der Waals surface area contributed by atoms with Gasteiger partial charge in [0.15, 0.2) is 12.6 Å². The molecule has 12 unspecified atom stereocenters. The van der Waals surface area contributed by atoms with E-state index in [2.05, 4.69) is 79.9 Å². The lowest BCUT2D eigenvalue weighted by atomic mass is 9.97. The highest BCUT2D eigenvalue weighted by Gasteiger charge is 2.51. The van der Waals surface area contributed by atoms with Crippen LogP contribution in [0.4, 0.5) is 0 Å². The molecule has 0 bridgehead atoms. The number of aliphatic hydroxyl groups excluding tert-OH is 8. The van der Waals surface area contributed by atoms with E-state index < -0.39 is 86.8 Å². The molecule has 9 N–H and O–H groups in total. The number of rotatable bonds is 70. The van der Waals surface area contributed by atoms with Crippen molar-refractivity contribution in [3.05, 3.63) is 72.9 Å². The summed E-state index contributed by atoms with van der Waals surface area (Å²) in [5, 5.41) is 87.7. The highest BCUT2D eigenvalue weighted by atomic mass is 16.7. The average molecular weight is 1400 g/mol. The minimum atomic E-state index is -1.79. The van der Waals surface area contributed by atoms with Gasteiger partial charge in [0.25, 0.3) is 0 Å². The van der Waals surface area contributed by atoms with Crippen molar-refractivity contribution < 1.29 is 64.6 Å². The molecular formula is C85H155NO13. The van der Waals surface area contributed by atoms with Crippen molar-refractivity contribution in [3.63, 3.8) is 0 Å². The van der Waals surface area contributed by atoms with Crippen LogP contribution in [0.15, 0.2) is 72.9 Å². The molecule has 2 rings (SSSR count). The van der Waals surface area contributed by atoms with E-state index in [0.29, 0.717) is 12.8 Å². The second kappa shape index (κ2) is 68.5. The van der Waals surface area contributed by atoms with Crippen LogP contribution < -0.4 is 5.32 Å². The van der Waals surface area contributed by atoms with Gasteiger partial charge in [-0.05, 0) is 70.6 Å². The summed E-state index contributed by atoms with van der Waals surface area (Å²) in [5.41, 5.74) is 0. The Morgan fingerprint density at radius 1 is 0.374 bits per heavy atom. The summed E-state index contributed by atoms with van der Waals surface area (Å²) >= 11 is 0. The zero-order valence-electron chi connectivity index (χ0n) is 63.5. The number of hydrogen-bond donors (Lipinski definition) is 9. The third-order valence-corrected chi connectivity index (χ3v) is 20.1. The van der Waals surface area contributed by atoms with Crippen LogP contribution in [0.3, 0.4) is 0 Å². The maximum absolute atomic E-state index is 13.4. The second-order valence-corrected chi connectivity index (χ2v) is 29.2. The smallest absolute Gasteiger partial charge is 0.220 e. The predicted molar refractivity (Wildman–Crippen MR) is 410 cm³/mol. The van der Waals surface area contributed by atoms with E-state index in [1.807, 2.05) is 6.08 Å². The average Bonchev–Trinajstić information content (AvgIpc) is 0.799. The molecule has 0 spiro atoms. The van der Waals surface area contributed by atoms with Crippen molar-refractivity contribution >= 4 is 5.91 Å². The molecule has 0 aliphatic carbocycles. The summed E-state index contributed by atoms with van der Waals surface area (Å²) in [4.78, 5) is 13.4. The molecule has 0 radical (unpaired) electrons. The summed E-state index contributed by atoms with van der Waals surface area (Å²) in [7, 11) is 0. The number of aliphatic hydroxyl groups is 8. The monoisotopic (exact) mass is 1400 g/mol. The molecule has 12 atom stereocenters. The SMILES string of the molecule is CC/C=C\C/C=C\C/C=C\C/C=C\CCCCCCCCCCCCCCCCCCCCCCCCC(=O)NC(COC1OC(CO)C(OC2OC(CO)C(O)C(O)C2O)C(O)C1O)C(O)/C=C/CC/C=C/CCCCCCCCCCCCCCCCCCCCCCCCCC. The van der Waals surface area contributed by atoms with Crippen LogP contribution in [-0.4, -0.2) is 140 Å². The van der Waals surface area contributed by atoms with Gasteiger partial charge in [-0.2, -0.15) is 0 Å². The summed E-state index contributed by atoms with van der Waals surface area (Å²) < 4.78 is 22.9. The molecule has 578 valence electrons. The molecule has 14 heteroatoms. The molecule has 14 nitrogen and oxygen atoms in total. The van der Waals surface area contributed by atoms with Crippen molar-refractivity contribution in [1.29, 1.82) is 0 Å². The molecular weight excluding hydrogens is 1240 g/mol. The van der Waals surface area contributed by atoms with Gasteiger partial charge >= 0.3 is 0 Å². The van der Waals surface area contributed by atoms with E-state index in [-0.39, 0.29) is 18.9 Å². The molecule has 2 aliphatic heterocycles.